The Hall–Kier alpha value is -0.720. The maximum absolute atomic E-state index is 13.4. The van der Waals surface area contributed by atoms with E-state index in [0.717, 1.165) is 32.1 Å². The Bertz CT molecular complexity index is 464. The van der Waals surface area contributed by atoms with Gasteiger partial charge in [-0.15, -0.1) is 0 Å². The van der Waals surface area contributed by atoms with Crippen LogP contribution in [-0.2, 0) is 4.79 Å². The normalized spacial score (nSPS) is 34.7. The second kappa shape index (κ2) is 6.42. The maximum atomic E-state index is 13.4. The highest BCUT2D eigenvalue weighted by Gasteiger charge is 2.66. The van der Waals surface area contributed by atoms with Gasteiger partial charge < -0.3 is 5.32 Å². The molecule has 7 heteroatoms. The Morgan fingerprint density at radius 2 is 2.09 bits per heavy atom. The van der Waals surface area contributed by atoms with Crippen LogP contribution in [0.4, 0.5) is 13.2 Å². The van der Waals surface area contributed by atoms with Gasteiger partial charge in [0.15, 0.2) is 9.91 Å². The average Bonchev–Trinajstić information content (AvgIpc) is 2.94. The third-order valence-corrected chi connectivity index (χ3v) is 6.17. The highest BCUT2D eigenvalue weighted by molar-refractivity contribution is 8.16. The first-order valence-electron chi connectivity index (χ1n) is 7.85. The van der Waals surface area contributed by atoms with Crippen LogP contribution in [0.1, 0.15) is 52.9 Å². The molecule has 126 valence electrons. The standard InChI is InChI=1S/C15H23F3N2OS/c1-4-5-10-6-7-11(8-10)19-13-20-12(21)14(22-13,9(2)3)15(16,17)18/h9-11H,4-8H2,1-3H3,(H,19,20,21)/t10-,11-,14+/m1/s1. The summed E-state index contributed by atoms with van der Waals surface area (Å²) in [6.07, 6.45) is 0.541. The van der Waals surface area contributed by atoms with Crippen molar-refractivity contribution in [1.29, 1.82) is 0 Å². The van der Waals surface area contributed by atoms with E-state index in [1.165, 1.54) is 13.8 Å². The molecule has 3 nitrogen and oxygen atoms in total. The van der Waals surface area contributed by atoms with Crippen molar-refractivity contribution in [3.8, 4) is 0 Å². The number of amides is 1. The predicted octanol–water partition coefficient (Wildman–Crippen LogP) is 4.13. The number of hydrogen-bond donors (Lipinski definition) is 1. The largest absolute Gasteiger partial charge is 0.412 e. The third-order valence-electron chi connectivity index (χ3n) is 4.56. The second-order valence-electron chi connectivity index (χ2n) is 6.50. The van der Waals surface area contributed by atoms with Crippen LogP contribution in [0, 0.1) is 11.8 Å². The summed E-state index contributed by atoms with van der Waals surface area (Å²) in [6, 6.07) is 0.0375. The molecule has 1 saturated heterocycles. The molecular weight excluding hydrogens is 313 g/mol. The Labute approximate surface area is 133 Å². The predicted molar refractivity (Wildman–Crippen MR) is 82.8 cm³/mol. The molecular formula is C15H23F3N2OS. The minimum absolute atomic E-state index is 0.0375. The summed E-state index contributed by atoms with van der Waals surface area (Å²) < 4.78 is 37.9. The number of aliphatic imine (C=N–C) groups is 1. The number of carbonyl (C=O) groups is 1. The molecule has 0 aromatic carbocycles. The number of amidine groups is 1. The molecule has 0 spiro atoms. The zero-order valence-electron chi connectivity index (χ0n) is 13.2. The quantitative estimate of drug-likeness (QED) is 0.838. The van der Waals surface area contributed by atoms with E-state index in [4.69, 9.17) is 0 Å². The number of hydrogen-bond acceptors (Lipinski definition) is 3. The fourth-order valence-corrected chi connectivity index (χ4v) is 4.51. The second-order valence-corrected chi connectivity index (χ2v) is 7.73. The molecule has 2 aliphatic rings. The lowest BCUT2D eigenvalue weighted by molar-refractivity contribution is -0.176. The minimum Gasteiger partial charge on any atom is -0.304 e. The summed E-state index contributed by atoms with van der Waals surface area (Å²) in [5, 5.41) is 2.50. The Morgan fingerprint density at radius 1 is 1.41 bits per heavy atom. The van der Waals surface area contributed by atoms with Gasteiger partial charge in [0.25, 0.3) is 5.91 Å². The van der Waals surface area contributed by atoms with Crippen molar-refractivity contribution >= 4 is 22.8 Å². The summed E-state index contributed by atoms with van der Waals surface area (Å²) >= 11 is 0.547. The van der Waals surface area contributed by atoms with Crippen LogP contribution >= 0.6 is 11.8 Å². The van der Waals surface area contributed by atoms with Gasteiger partial charge in [0.2, 0.25) is 0 Å². The lowest BCUT2D eigenvalue weighted by Gasteiger charge is -2.30. The van der Waals surface area contributed by atoms with Crippen molar-refractivity contribution in [2.45, 2.75) is 69.8 Å². The molecule has 1 heterocycles. The van der Waals surface area contributed by atoms with Crippen LogP contribution < -0.4 is 5.32 Å². The topological polar surface area (TPSA) is 41.5 Å². The molecule has 0 aromatic heterocycles. The summed E-state index contributed by atoms with van der Waals surface area (Å²) in [4.78, 5) is 16.4. The lowest BCUT2D eigenvalue weighted by atomic mass is 9.93. The number of nitrogens with one attached hydrogen (secondary N) is 1. The number of nitrogens with zero attached hydrogens (tertiary/aromatic N) is 1. The highest BCUT2D eigenvalue weighted by Crippen LogP contribution is 2.50. The van der Waals surface area contributed by atoms with Gasteiger partial charge in [-0.2, -0.15) is 13.2 Å². The molecule has 1 N–H and O–H groups in total. The molecule has 1 aliphatic carbocycles. The van der Waals surface area contributed by atoms with Crippen LogP contribution in [-0.4, -0.2) is 28.0 Å². The van der Waals surface area contributed by atoms with E-state index in [2.05, 4.69) is 17.2 Å². The molecule has 2 fully saturated rings. The molecule has 0 aromatic rings. The Balaban J connectivity index is 2.13. The molecule has 0 radical (unpaired) electrons. The van der Waals surface area contributed by atoms with E-state index in [1.807, 2.05) is 0 Å². The zero-order chi connectivity index (χ0) is 16.5. The van der Waals surface area contributed by atoms with Gasteiger partial charge in [-0.3, -0.25) is 9.79 Å². The summed E-state index contributed by atoms with van der Waals surface area (Å²) in [5.74, 6) is -1.22. The van der Waals surface area contributed by atoms with Gasteiger partial charge in [0, 0.05) is 0 Å². The first-order valence-corrected chi connectivity index (χ1v) is 8.67. The molecule has 1 saturated carbocycles. The van der Waals surface area contributed by atoms with Gasteiger partial charge in [-0.1, -0.05) is 45.4 Å². The molecule has 0 bridgehead atoms. The molecule has 22 heavy (non-hydrogen) atoms. The SMILES string of the molecule is CCC[C@@H]1CC[C@@H](N=C2NC(=O)[C@@](C(C)C)(C(F)(F)F)S2)C1. The molecule has 3 atom stereocenters. The van der Waals surface area contributed by atoms with Crippen LogP contribution in [0.25, 0.3) is 0 Å². The van der Waals surface area contributed by atoms with E-state index >= 15 is 0 Å². The first kappa shape index (κ1) is 17.6. The van der Waals surface area contributed by atoms with E-state index in [-0.39, 0.29) is 11.2 Å². The van der Waals surface area contributed by atoms with Gasteiger partial charge >= 0.3 is 6.18 Å². The molecule has 1 aliphatic heterocycles. The summed E-state index contributed by atoms with van der Waals surface area (Å²) in [6.45, 7) is 4.98. The number of alkyl halides is 3. The first-order chi connectivity index (χ1) is 10.2. The van der Waals surface area contributed by atoms with E-state index in [0.29, 0.717) is 17.7 Å². The van der Waals surface area contributed by atoms with Crippen LogP contribution in [0.5, 0.6) is 0 Å². The van der Waals surface area contributed by atoms with Crippen molar-refractivity contribution < 1.29 is 18.0 Å². The minimum atomic E-state index is -4.59. The van der Waals surface area contributed by atoms with Crippen molar-refractivity contribution in [1.82, 2.24) is 5.32 Å². The van der Waals surface area contributed by atoms with E-state index in [9.17, 15) is 18.0 Å². The highest BCUT2D eigenvalue weighted by atomic mass is 32.2. The van der Waals surface area contributed by atoms with Crippen LogP contribution in [0.2, 0.25) is 0 Å². The maximum Gasteiger partial charge on any atom is 0.412 e. The zero-order valence-corrected chi connectivity index (χ0v) is 14.0. The smallest absolute Gasteiger partial charge is 0.304 e. The number of carbonyl (C=O) groups excluding carboxylic acids is 1. The van der Waals surface area contributed by atoms with Crippen molar-refractivity contribution in [3.63, 3.8) is 0 Å². The van der Waals surface area contributed by atoms with E-state index < -0.39 is 22.7 Å². The fraction of sp³-hybridized carbons (Fsp3) is 0.867. The average molecular weight is 336 g/mol. The number of rotatable bonds is 4. The van der Waals surface area contributed by atoms with Crippen molar-refractivity contribution in [3.05, 3.63) is 0 Å². The van der Waals surface area contributed by atoms with Crippen molar-refractivity contribution in [2.75, 3.05) is 0 Å². The molecule has 2 rings (SSSR count). The van der Waals surface area contributed by atoms with Gasteiger partial charge in [0.1, 0.15) is 0 Å². The van der Waals surface area contributed by atoms with E-state index in [1.54, 1.807) is 0 Å². The van der Waals surface area contributed by atoms with Crippen molar-refractivity contribution in [2.24, 2.45) is 16.8 Å². The molecule has 0 unspecified atom stereocenters. The number of thioether (sulfide) groups is 1. The third kappa shape index (κ3) is 3.14. The fourth-order valence-electron chi connectivity index (χ4n) is 3.37. The number of halogens is 3. The van der Waals surface area contributed by atoms with Gasteiger partial charge in [-0.05, 0) is 31.1 Å². The summed E-state index contributed by atoms with van der Waals surface area (Å²) in [5.41, 5.74) is 0. The summed E-state index contributed by atoms with van der Waals surface area (Å²) in [7, 11) is 0. The Kier molecular flexibility index (Phi) is 5.14. The Morgan fingerprint density at radius 3 is 2.59 bits per heavy atom. The van der Waals surface area contributed by atoms with Crippen LogP contribution in [0.3, 0.4) is 0 Å². The van der Waals surface area contributed by atoms with Crippen LogP contribution in [0.15, 0.2) is 4.99 Å². The lowest BCUT2D eigenvalue weighted by Crippen LogP contribution is -2.52. The van der Waals surface area contributed by atoms with Gasteiger partial charge in [-0.25, -0.2) is 0 Å². The monoisotopic (exact) mass is 336 g/mol. The molecule has 1 amide bonds. The van der Waals surface area contributed by atoms with Gasteiger partial charge in [0.05, 0.1) is 6.04 Å².